The van der Waals surface area contributed by atoms with E-state index in [1.807, 2.05) is 0 Å². The Balaban J connectivity index is 0.000000220. The van der Waals surface area contributed by atoms with Crippen LogP contribution in [0.1, 0.15) is 31.8 Å². The zero-order chi connectivity index (χ0) is 16.5. The van der Waals surface area contributed by atoms with E-state index in [-0.39, 0.29) is 0 Å². The topological polar surface area (TPSA) is 74.6 Å². The van der Waals surface area contributed by atoms with Crippen molar-refractivity contribution in [1.82, 2.24) is 0 Å². The molecule has 2 N–H and O–H groups in total. The lowest BCUT2D eigenvalue weighted by Gasteiger charge is -1.97. The molecule has 4 nitrogen and oxygen atoms in total. The summed E-state index contributed by atoms with van der Waals surface area (Å²) in [5, 5.41) is 17.3. The van der Waals surface area contributed by atoms with Crippen LogP contribution in [0.15, 0.2) is 61.7 Å². The first kappa shape index (κ1) is 16.9. The van der Waals surface area contributed by atoms with E-state index in [1.165, 1.54) is 12.2 Å². The maximum atomic E-state index is 10.5. The Morgan fingerprint density at radius 2 is 1.05 bits per heavy atom. The van der Waals surface area contributed by atoms with E-state index in [1.54, 1.807) is 48.5 Å². The molecule has 0 heterocycles. The summed E-state index contributed by atoms with van der Waals surface area (Å²) in [6.07, 6.45) is 3.06. The van der Waals surface area contributed by atoms with Gasteiger partial charge in [0.05, 0.1) is 11.1 Å². The van der Waals surface area contributed by atoms with Crippen LogP contribution in [0, 0.1) is 0 Å². The molecule has 0 amide bonds. The van der Waals surface area contributed by atoms with E-state index in [0.717, 1.165) is 0 Å². The number of carboxylic acid groups (broad SMARTS) is 2. The van der Waals surface area contributed by atoms with Crippen LogP contribution in [-0.2, 0) is 0 Å². The minimum Gasteiger partial charge on any atom is -0.478 e. The third-order valence-electron chi connectivity index (χ3n) is 2.82. The van der Waals surface area contributed by atoms with Crippen molar-refractivity contribution in [2.45, 2.75) is 0 Å². The second-order valence-electron chi connectivity index (χ2n) is 4.19. The van der Waals surface area contributed by atoms with Gasteiger partial charge in [-0.05, 0) is 23.3 Å². The lowest BCUT2D eigenvalue weighted by atomic mass is 10.1. The van der Waals surface area contributed by atoms with Crippen LogP contribution in [-0.4, -0.2) is 22.2 Å². The van der Waals surface area contributed by atoms with Crippen molar-refractivity contribution >= 4 is 24.1 Å². The van der Waals surface area contributed by atoms with Gasteiger partial charge in [0.2, 0.25) is 0 Å². The molecule has 0 aliphatic rings. The first-order valence-electron chi connectivity index (χ1n) is 6.40. The average Bonchev–Trinajstić information content (AvgIpc) is 2.55. The molecule has 0 spiro atoms. The van der Waals surface area contributed by atoms with Crippen LogP contribution in [0.4, 0.5) is 0 Å². The van der Waals surface area contributed by atoms with Gasteiger partial charge in [-0.2, -0.15) is 0 Å². The van der Waals surface area contributed by atoms with Crippen LogP contribution < -0.4 is 0 Å². The molecule has 0 fully saturated rings. The van der Waals surface area contributed by atoms with Crippen LogP contribution in [0.3, 0.4) is 0 Å². The molecule has 4 heteroatoms. The molecule has 0 atom stereocenters. The van der Waals surface area contributed by atoms with Crippen molar-refractivity contribution in [3.8, 4) is 0 Å². The Kier molecular flexibility index (Phi) is 6.32. The van der Waals surface area contributed by atoms with E-state index < -0.39 is 11.9 Å². The Hall–Kier alpha value is -3.14. The molecule has 0 aromatic heterocycles. The normalized spacial score (nSPS) is 9.09. The molecule has 0 saturated carbocycles. The van der Waals surface area contributed by atoms with Crippen LogP contribution in [0.5, 0.6) is 0 Å². The molecule has 0 unspecified atom stereocenters. The number of rotatable bonds is 4. The summed E-state index contributed by atoms with van der Waals surface area (Å²) >= 11 is 0. The number of aromatic carboxylic acids is 2. The highest BCUT2D eigenvalue weighted by atomic mass is 16.4. The Labute approximate surface area is 128 Å². The summed E-state index contributed by atoms with van der Waals surface area (Å²) in [6.45, 7) is 7.02. The summed E-state index contributed by atoms with van der Waals surface area (Å²) in [5.74, 6) is -1.83. The van der Waals surface area contributed by atoms with Crippen molar-refractivity contribution in [2.24, 2.45) is 0 Å². The molecule has 0 radical (unpaired) electrons. The summed E-state index contributed by atoms with van der Waals surface area (Å²) in [5.41, 5.74) is 1.89. The second kappa shape index (κ2) is 8.21. The monoisotopic (exact) mass is 296 g/mol. The molecule has 2 aromatic carbocycles. The summed E-state index contributed by atoms with van der Waals surface area (Å²) in [7, 11) is 0. The fourth-order valence-corrected chi connectivity index (χ4v) is 1.74. The predicted octanol–water partition coefficient (Wildman–Crippen LogP) is 4.06. The average molecular weight is 296 g/mol. The second-order valence-corrected chi connectivity index (χ2v) is 4.19. The Morgan fingerprint density at radius 3 is 1.27 bits per heavy atom. The fourth-order valence-electron chi connectivity index (χ4n) is 1.74. The minimum absolute atomic E-state index is 0.294. The van der Waals surface area contributed by atoms with E-state index in [9.17, 15) is 9.59 Å². The van der Waals surface area contributed by atoms with Gasteiger partial charge in [-0.3, -0.25) is 0 Å². The highest BCUT2D eigenvalue weighted by Gasteiger charge is 2.05. The first-order valence-corrected chi connectivity index (χ1v) is 6.40. The smallest absolute Gasteiger partial charge is 0.336 e. The molecule has 0 saturated heterocycles. The molecular weight excluding hydrogens is 280 g/mol. The molecule has 22 heavy (non-hydrogen) atoms. The van der Waals surface area contributed by atoms with Gasteiger partial charge >= 0.3 is 11.9 Å². The lowest BCUT2D eigenvalue weighted by molar-refractivity contribution is 0.0686. The van der Waals surface area contributed by atoms with Crippen molar-refractivity contribution in [1.29, 1.82) is 0 Å². The highest BCUT2D eigenvalue weighted by molar-refractivity contribution is 5.92. The fraction of sp³-hybridized carbons (Fsp3) is 0. The van der Waals surface area contributed by atoms with Gasteiger partial charge in [0.15, 0.2) is 0 Å². The van der Waals surface area contributed by atoms with E-state index in [4.69, 9.17) is 10.2 Å². The Bertz CT molecular complexity index is 640. The molecular formula is C18H16O4. The minimum atomic E-state index is -0.916. The van der Waals surface area contributed by atoms with E-state index in [2.05, 4.69) is 13.2 Å². The third-order valence-corrected chi connectivity index (χ3v) is 2.82. The maximum absolute atomic E-state index is 10.5. The zero-order valence-corrected chi connectivity index (χ0v) is 11.9. The molecule has 112 valence electrons. The molecule has 0 aliphatic heterocycles. The van der Waals surface area contributed by atoms with Crippen molar-refractivity contribution in [3.05, 3.63) is 83.9 Å². The largest absolute Gasteiger partial charge is 0.478 e. The lowest BCUT2D eigenvalue weighted by Crippen LogP contribution is -1.98. The van der Waals surface area contributed by atoms with Gasteiger partial charge in [-0.15, -0.1) is 0 Å². The van der Waals surface area contributed by atoms with Gasteiger partial charge in [0.25, 0.3) is 0 Å². The third kappa shape index (κ3) is 4.45. The molecule has 2 rings (SSSR count). The van der Waals surface area contributed by atoms with Gasteiger partial charge < -0.3 is 10.2 Å². The standard InChI is InChI=1S/2C9H8O2/c2*1-2-7-5-3-4-6-8(7)9(10)11/h2*2-6H,1H2,(H,10,11). The van der Waals surface area contributed by atoms with Crippen molar-refractivity contribution in [2.75, 3.05) is 0 Å². The first-order chi connectivity index (χ1) is 10.5. The molecule has 0 bridgehead atoms. The van der Waals surface area contributed by atoms with Gasteiger partial charge in [-0.25, -0.2) is 9.59 Å². The quantitative estimate of drug-likeness (QED) is 0.892. The maximum Gasteiger partial charge on any atom is 0.336 e. The summed E-state index contributed by atoms with van der Waals surface area (Å²) in [4.78, 5) is 21.1. The molecule has 0 aliphatic carbocycles. The van der Waals surface area contributed by atoms with Gasteiger partial charge in [0.1, 0.15) is 0 Å². The zero-order valence-electron chi connectivity index (χ0n) is 11.9. The number of carbonyl (C=O) groups is 2. The Morgan fingerprint density at radius 1 is 0.727 bits per heavy atom. The van der Waals surface area contributed by atoms with E-state index in [0.29, 0.717) is 22.3 Å². The number of hydrogen-bond acceptors (Lipinski definition) is 2. The van der Waals surface area contributed by atoms with Crippen LogP contribution in [0.2, 0.25) is 0 Å². The molecule has 2 aromatic rings. The number of hydrogen-bond donors (Lipinski definition) is 2. The van der Waals surface area contributed by atoms with Crippen LogP contribution in [0.25, 0.3) is 12.2 Å². The van der Waals surface area contributed by atoms with Crippen molar-refractivity contribution < 1.29 is 19.8 Å². The van der Waals surface area contributed by atoms with E-state index >= 15 is 0 Å². The number of carboxylic acids is 2. The number of benzene rings is 2. The SMILES string of the molecule is C=Cc1ccccc1C(=O)O.C=Cc1ccccc1C(=O)O. The summed E-state index contributed by atoms with van der Waals surface area (Å²) in [6, 6.07) is 13.5. The van der Waals surface area contributed by atoms with Gasteiger partial charge in [0, 0.05) is 0 Å². The van der Waals surface area contributed by atoms with Crippen LogP contribution >= 0.6 is 0 Å². The van der Waals surface area contributed by atoms with Gasteiger partial charge in [-0.1, -0.05) is 61.7 Å². The predicted molar refractivity (Wildman–Crippen MR) is 87.0 cm³/mol. The van der Waals surface area contributed by atoms with Crippen molar-refractivity contribution in [3.63, 3.8) is 0 Å². The highest BCUT2D eigenvalue weighted by Crippen LogP contribution is 2.09. The summed E-state index contributed by atoms with van der Waals surface area (Å²) < 4.78 is 0.